The van der Waals surface area contributed by atoms with E-state index in [0.717, 1.165) is 29.5 Å². The minimum atomic E-state index is -0.202. The van der Waals surface area contributed by atoms with Gasteiger partial charge in [0.25, 0.3) is 5.91 Å². The van der Waals surface area contributed by atoms with Gasteiger partial charge in [0, 0.05) is 17.3 Å². The maximum Gasteiger partial charge on any atom is 0.251 e. The monoisotopic (exact) mass is 328 g/mol. The van der Waals surface area contributed by atoms with E-state index in [-0.39, 0.29) is 18.6 Å². The molecule has 1 amide bonds. The molecule has 1 fully saturated rings. The number of pyridine rings is 1. The normalized spacial score (nSPS) is 18.5. The van der Waals surface area contributed by atoms with Crippen molar-refractivity contribution in [3.63, 3.8) is 0 Å². The van der Waals surface area contributed by atoms with Gasteiger partial charge in [0.15, 0.2) is 0 Å². The minimum absolute atomic E-state index is 0.0245. The number of nitrogens with one attached hydrogen (secondary N) is 1. The van der Waals surface area contributed by atoms with E-state index in [1.807, 2.05) is 13.0 Å². The zero-order chi connectivity index (χ0) is 13.7. The molecule has 2 rings (SSSR count). The molecule has 0 radical (unpaired) electrons. The second-order valence-corrected chi connectivity index (χ2v) is 5.37. The van der Waals surface area contributed by atoms with Crippen molar-refractivity contribution < 1.29 is 14.3 Å². The molecule has 1 aliphatic rings. The number of aryl methyl sites for hydroxylation is 1. The molecule has 5 nitrogen and oxygen atoms in total. The Morgan fingerprint density at radius 2 is 2.53 bits per heavy atom. The number of hydrogen-bond acceptors (Lipinski definition) is 4. The Morgan fingerprint density at radius 3 is 3.21 bits per heavy atom. The van der Waals surface area contributed by atoms with Crippen LogP contribution in [0.25, 0.3) is 0 Å². The summed E-state index contributed by atoms with van der Waals surface area (Å²) in [5, 5.41) is 2.70. The smallest absolute Gasteiger partial charge is 0.251 e. The molecule has 0 bridgehead atoms. The van der Waals surface area contributed by atoms with E-state index in [1.54, 1.807) is 6.20 Å². The third kappa shape index (κ3) is 4.56. The van der Waals surface area contributed by atoms with Crippen LogP contribution in [0.1, 0.15) is 18.4 Å². The average Bonchev–Trinajstić information content (AvgIpc) is 2.87. The van der Waals surface area contributed by atoms with Gasteiger partial charge in [0.05, 0.1) is 12.7 Å². The lowest BCUT2D eigenvalue weighted by atomic mass is 10.2. The molecule has 0 aromatic carbocycles. The van der Waals surface area contributed by atoms with E-state index in [2.05, 4.69) is 26.2 Å². The molecule has 19 heavy (non-hydrogen) atoms. The van der Waals surface area contributed by atoms with Crippen molar-refractivity contribution >= 4 is 27.7 Å². The third-order valence-electron chi connectivity index (χ3n) is 2.88. The van der Waals surface area contributed by atoms with Crippen LogP contribution in [0, 0.1) is 6.92 Å². The van der Waals surface area contributed by atoms with Gasteiger partial charge in [-0.25, -0.2) is 4.98 Å². The zero-order valence-electron chi connectivity index (χ0n) is 10.8. The van der Waals surface area contributed by atoms with Crippen molar-refractivity contribution in [1.82, 2.24) is 4.98 Å². The summed E-state index contributed by atoms with van der Waals surface area (Å²) >= 11 is 3.36. The van der Waals surface area contributed by atoms with Gasteiger partial charge in [-0.3, -0.25) is 4.79 Å². The molecule has 0 unspecified atom stereocenters. The Morgan fingerprint density at radius 1 is 1.68 bits per heavy atom. The van der Waals surface area contributed by atoms with Crippen molar-refractivity contribution in [3.05, 3.63) is 22.3 Å². The fourth-order valence-electron chi connectivity index (χ4n) is 1.85. The lowest BCUT2D eigenvalue weighted by Crippen LogP contribution is -2.22. The minimum Gasteiger partial charge on any atom is -0.376 e. The van der Waals surface area contributed by atoms with Crippen molar-refractivity contribution in [1.29, 1.82) is 0 Å². The van der Waals surface area contributed by atoms with Gasteiger partial charge in [0.1, 0.15) is 12.4 Å². The van der Waals surface area contributed by atoms with Gasteiger partial charge in [-0.15, -0.1) is 0 Å². The first-order chi connectivity index (χ1) is 9.15. The quantitative estimate of drug-likeness (QED) is 0.900. The highest BCUT2D eigenvalue weighted by molar-refractivity contribution is 9.10. The molecule has 1 atom stereocenters. The molecule has 1 aliphatic heterocycles. The summed E-state index contributed by atoms with van der Waals surface area (Å²) in [4.78, 5) is 15.8. The first kappa shape index (κ1) is 14.4. The maximum absolute atomic E-state index is 11.7. The number of nitrogens with zero attached hydrogens (tertiary/aromatic N) is 1. The van der Waals surface area contributed by atoms with Crippen molar-refractivity contribution in [2.24, 2.45) is 0 Å². The Balaban J connectivity index is 1.72. The standard InChI is InChI=1S/C13H17BrN2O3/c1-9-5-12(15-6-11(9)14)16-13(17)8-18-7-10-3-2-4-19-10/h5-6,10H,2-4,7-8H2,1H3,(H,15,16,17)/t10-/m0/s1. The number of amides is 1. The number of rotatable bonds is 5. The molecule has 1 saturated heterocycles. The van der Waals surface area contributed by atoms with E-state index in [9.17, 15) is 4.79 Å². The van der Waals surface area contributed by atoms with Crippen molar-refractivity contribution in [3.8, 4) is 0 Å². The van der Waals surface area contributed by atoms with Gasteiger partial charge >= 0.3 is 0 Å². The van der Waals surface area contributed by atoms with Crippen LogP contribution in [0.3, 0.4) is 0 Å². The second-order valence-electron chi connectivity index (χ2n) is 4.52. The first-order valence-corrected chi connectivity index (χ1v) is 7.06. The fourth-order valence-corrected chi connectivity index (χ4v) is 2.06. The summed E-state index contributed by atoms with van der Waals surface area (Å²) in [5.74, 6) is 0.332. The number of hydrogen-bond donors (Lipinski definition) is 1. The second kappa shape index (κ2) is 6.98. The lowest BCUT2D eigenvalue weighted by molar-refractivity contribution is -0.121. The van der Waals surface area contributed by atoms with Gasteiger partial charge in [-0.2, -0.15) is 0 Å². The highest BCUT2D eigenvalue weighted by atomic mass is 79.9. The molecule has 0 aliphatic carbocycles. The maximum atomic E-state index is 11.7. The number of halogens is 1. The van der Waals surface area contributed by atoms with E-state index in [4.69, 9.17) is 9.47 Å². The van der Waals surface area contributed by atoms with Crippen LogP contribution >= 0.6 is 15.9 Å². The van der Waals surface area contributed by atoms with E-state index < -0.39 is 0 Å². The summed E-state index contributed by atoms with van der Waals surface area (Å²) in [5.41, 5.74) is 1.02. The number of carbonyl (C=O) groups excluding carboxylic acids is 1. The fraction of sp³-hybridized carbons (Fsp3) is 0.538. The van der Waals surface area contributed by atoms with Crippen molar-refractivity contribution in [2.45, 2.75) is 25.9 Å². The Labute approximate surface area is 120 Å². The van der Waals surface area contributed by atoms with Crippen LogP contribution in [0.5, 0.6) is 0 Å². The number of anilines is 1. The summed E-state index contributed by atoms with van der Waals surface area (Å²) in [6.07, 6.45) is 3.89. The van der Waals surface area contributed by atoms with Gasteiger partial charge in [-0.05, 0) is 47.3 Å². The molecule has 1 aromatic heterocycles. The molecule has 1 aromatic rings. The average molecular weight is 329 g/mol. The van der Waals surface area contributed by atoms with Crippen LogP contribution in [0.15, 0.2) is 16.7 Å². The SMILES string of the molecule is Cc1cc(NC(=O)COC[C@@H]2CCCO2)ncc1Br. The number of aromatic nitrogens is 1. The molecule has 0 saturated carbocycles. The van der Waals surface area contributed by atoms with Crippen molar-refractivity contribution in [2.75, 3.05) is 25.1 Å². The van der Waals surface area contributed by atoms with Gasteiger partial charge in [-0.1, -0.05) is 0 Å². The summed E-state index contributed by atoms with van der Waals surface area (Å²) in [6.45, 7) is 3.23. The van der Waals surface area contributed by atoms with Crippen LogP contribution in [-0.4, -0.2) is 36.8 Å². The molecular formula is C13H17BrN2O3. The van der Waals surface area contributed by atoms with Crippen LogP contribution in [0.2, 0.25) is 0 Å². The largest absolute Gasteiger partial charge is 0.376 e. The lowest BCUT2D eigenvalue weighted by Gasteiger charge is -2.10. The Hall–Kier alpha value is -0.980. The van der Waals surface area contributed by atoms with Gasteiger partial charge < -0.3 is 14.8 Å². The van der Waals surface area contributed by atoms with E-state index in [1.165, 1.54) is 0 Å². The van der Waals surface area contributed by atoms with Crippen LogP contribution in [-0.2, 0) is 14.3 Å². The molecule has 6 heteroatoms. The third-order valence-corrected chi connectivity index (χ3v) is 3.71. The van der Waals surface area contributed by atoms with Gasteiger partial charge in [0.2, 0.25) is 0 Å². The Bertz CT molecular complexity index is 448. The molecular weight excluding hydrogens is 312 g/mol. The predicted octanol–water partition coefficient (Wildman–Crippen LogP) is 2.29. The van der Waals surface area contributed by atoms with E-state index >= 15 is 0 Å². The predicted molar refractivity (Wildman–Crippen MR) is 75.1 cm³/mol. The molecule has 2 heterocycles. The topological polar surface area (TPSA) is 60.5 Å². The first-order valence-electron chi connectivity index (χ1n) is 6.26. The highest BCUT2D eigenvalue weighted by Gasteiger charge is 2.16. The number of ether oxygens (including phenoxy) is 2. The molecule has 1 N–H and O–H groups in total. The highest BCUT2D eigenvalue weighted by Crippen LogP contribution is 2.17. The molecule has 104 valence electrons. The van der Waals surface area contributed by atoms with E-state index in [0.29, 0.717) is 12.4 Å². The zero-order valence-corrected chi connectivity index (χ0v) is 12.4. The summed E-state index contributed by atoms with van der Waals surface area (Å²) < 4.78 is 11.7. The summed E-state index contributed by atoms with van der Waals surface area (Å²) in [7, 11) is 0. The number of carbonyl (C=O) groups is 1. The molecule has 0 spiro atoms. The van der Waals surface area contributed by atoms with Crippen LogP contribution in [0.4, 0.5) is 5.82 Å². The van der Waals surface area contributed by atoms with Crippen LogP contribution < -0.4 is 5.32 Å². The summed E-state index contributed by atoms with van der Waals surface area (Å²) in [6, 6.07) is 1.81. The Kier molecular flexibility index (Phi) is 5.30.